The van der Waals surface area contributed by atoms with E-state index in [-0.39, 0.29) is 0 Å². The molecule has 28 heavy (non-hydrogen) atoms. The third kappa shape index (κ3) is 4.67. The summed E-state index contributed by atoms with van der Waals surface area (Å²) >= 11 is 6.00. The second-order valence-corrected chi connectivity index (χ2v) is 8.01. The van der Waals surface area contributed by atoms with Crippen LogP contribution < -0.4 is 4.74 Å². The minimum absolute atomic E-state index is 0.553. The average molecular weight is 395 g/mol. The van der Waals surface area contributed by atoms with Gasteiger partial charge in [0, 0.05) is 43.3 Å². The SMILES string of the molecule is CN1CCN(CCc2c(OCc3ccc(Cl)cc3)ccc3ccccc23)CC1. The molecular formula is C24H27ClN2O. The molecule has 3 aromatic rings. The summed E-state index contributed by atoms with van der Waals surface area (Å²) in [4.78, 5) is 4.96. The number of hydrogen-bond donors (Lipinski definition) is 0. The molecule has 4 heteroatoms. The monoisotopic (exact) mass is 394 g/mol. The molecule has 0 bridgehead atoms. The number of ether oxygens (including phenoxy) is 1. The van der Waals surface area contributed by atoms with Gasteiger partial charge in [-0.1, -0.05) is 54.1 Å². The number of halogens is 1. The first-order chi connectivity index (χ1) is 13.7. The van der Waals surface area contributed by atoms with E-state index in [9.17, 15) is 0 Å². The van der Waals surface area contributed by atoms with Crippen LogP contribution >= 0.6 is 11.6 Å². The molecule has 3 nitrogen and oxygen atoms in total. The highest BCUT2D eigenvalue weighted by molar-refractivity contribution is 6.30. The van der Waals surface area contributed by atoms with Crippen LogP contribution in [-0.2, 0) is 13.0 Å². The molecular weight excluding hydrogens is 368 g/mol. The molecule has 0 N–H and O–H groups in total. The molecule has 1 aliphatic rings. The molecule has 1 aliphatic heterocycles. The summed E-state index contributed by atoms with van der Waals surface area (Å²) in [6.07, 6.45) is 1.00. The van der Waals surface area contributed by atoms with E-state index < -0.39 is 0 Å². The first-order valence-corrected chi connectivity index (χ1v) is 10.4. The van der Waals surface area contributed by atoms with Gasteiger partial charge in [0.2, 0.25) is 0 Å². The molecule has 4 rings (SSSR count). The number of piperazine rings is 1. The van der Waals surface area contributed by atoms with Crippen LogP contribution in [0.3, 0.4) is 0 Å². The lowest BCUT2D eigenvalue weighted by atomic mass is 10.0. The second kappa shape index (κ2) is 8.95. The smallest absolute Gasteiger partial charge is 0.123 e. The molecule has 1 saturated heterocycles. The highest BCUT2D eigenvalue weighted by Crippen LogP contribution is 2.29. The maximum absolute atomic E-state index is 6.26. The highest BCUT2D eigenvalue weighted by Gasteiger charge is 2.16. The Labute approximate surface area is 172 Å². The predicted octanol–water partition coefficient (Wildman–Crippen LogP) is 4.86. The van der Waals surface area contributed by atoms with Crippen LogP contribution in [0.2, 0.25) is 5.02 Å². The van der Waals surface area contributed by atoms with Gasteiger partial charge in [0.1, 0.15) is 12.4 Å². The molecule has 1 fully saturated rings. The van der Waals surface area contributed by atoms with E-state index in [4.69, 9.17) is 16.3 Å². The van der Waals surface area contributed by atoms with Gasteiger partial charge >= 0.3 is 0 Å². The Kier molecular flexibility index (Phi) is 6.16. The average Bonchev–Trinajstić information content (AvgIpc) is 2.73. The second-order valence-electron chi connectivity index (χ2n) is 7.57. The Bertz CT molecular complexity index is 918. The van der Waals surface area contributed by atoms with Crippen molar-refractivity contribution < 1.29 is 4.74 Å². The lowest BCUT2D eigenvalue weighted by Crippen LogP contribution is -2.45. The van der Waals surface area contributed by atoms with E-state index in [1.54, 1.807) is 0 Å². The number of rotatable bonds is 6. The van der Waals surface area contributed by atoms with Gasteiger partial charge in [-0.05, 0) is 48.0 Å². The number of fused-ring (bicyclic) bond motifs is 1. The van der Waals surface area contributed by atoms with E-state index in [0.29, 0.717) is 6.61 Å². The lowest BCUT2D eigenvalue weighted by Gasteiger charge is -2.32. The molecule has 146 valence electrons. The third-order valence-electron chi connectivity index (χ3n) is 5.58. The molecule has 0 amide bonds. The summed E-state index contributed by atoms with van der Waals surface area (Å²) in [5.41, 5.74) is 2.44. The van der Waals surface area contributed by atoms with Crippen molar-refractivity contribution in [2.45, 2.75) is 13.0 Å². The zero-order valence-electron chi connectivity index (χ0n) is 16.4. The summed E-state index contributed by atoms with van der Waals surface area (Å²) in [6.45, 7) is 6.20. The van der Waals surface area contributed by atoms with E-state index in [2.05, 4.69) is 53.2 Å². The zero-order valence-corrected chi connectivity index (χ0v) is 17.2. The zero-order chi connectivity index (χ0) is 19.3. The van der Waals surface area contributed by atoms with Gasteiger partial charge in [-0.2, -0.15) is 0 Å². The summed E-state index contributed by atoms with van der Waals surface area (Å²) < 4.78 is 6.26. The highest BCUT2D eigenvalue weighted by atomic mass is 35.5. The third-order valence-corrected chi connectivity index (χ3v) is 5.83. The largest absolute Gasteiger partial charge is 0.489 e. The van der Waals surface area contributed by atoms with Crippen molar-refractivity contribution in [3.8, 4) is 5.75 Å². The van der Waals surface area contributed by atoms with E-state index >= 15 is 0 Å². The summed E-state index contributed by atoms with van der Waals surface area (Å²) in [5.74, 6) is 0.989. The van der Waals surface area contributed by atoms with E-state index in [0.717, 1.165) is 55.5 Å². The van der Waals surface area contributed by atoms with Crippen LogP contribution in [-0.4, -0.2) is 49.6 Å². The lowest BCUT2D eigenvalue weighted by molar-refractivity contribution is 0.155. The van der Waals surface area contributed by atoms with Gasteiger partial charge in [-0.3, -0.25) is 0 Å². The molecule has 0 atom stereocenters. The van der Waals surface area contributed by atoms with Crippen molar-refractivity contribution in [2.24, 2.45) is 0 Å². The van der Waals surface area contributed by atoms with Crippen molar-refractivity contribution in [3.63, 3.8) is 0 Å². The summed E-state index contributed by atoms with van der Waals surface area (Å²) in [5, 5.41) is 3.32. The number of likely N-dealkylation sites (N-methyl/N-ethyl adjacent to an activating group) is 1. The molecule has 0 spiro atoms. The first kappa shape index (κ1) is 19.3. The minimum atomic E-state index is 0.553. The quantitative estimate of drug-likeness (QED) is 0.593. The van der Waals surface area contributed by atoms with Crippen molar-refractivity contribution in [2.75, 3.05) is 39.8 Å². The van der Waals surface area contributed by atoms with E-state index in [1.165, 1.54) is 16.3 Å². The van der Waals surface area contributed by atoms with Crippen molar-refractivity contribution in [3.05, 3.63) is 76.8 Å². The van der Waals surface area contributed by atoms with Gasteiger partial charge in [-0.25, -0.2) is 0 Å². The standard InChI is InChI=1S/C24H27ClN2O/c1-26-14-16-27(17-15-26)13-12-23-22-5-3-2-4-20(22)8-11-24(23)28-18-19-6-9-21(25)10-7-19/h2-11H,12-18H2,1H3. The minimum Gasteiger partial charge on any atom is -0.489 e. The van der Waals surface area contributed by atoms with Crippen LogP contribution in [0.4, 0.5) is 0 Å². The molecule has 0 aromatic heterocycles. The Hall–Kier alpha value is -2.07. The molecule has 0 radical (unpaired) electrons. The first-order valence-electron chi connectivity index (χ1n) is 9.98. The van der Waals surface area contributed by atoms with Gasteiger partial charge in [0.25, 0.3) is 0 Å². The van der Waals surface area contributed by atoms with Gasteiger partial charge in [0.05, 0.1) is 0 Å². The Morgan fingerprint density at radius 1 is 0.893 bits per heavy atom. The maximum Gasteiger partial charge on any atom is 0.123 e. The van der Waals surface area contributed by atoms with Gasteiger partial charge in [-0.15, -0.1) is 0 Å². The van der Waals surface area contributed by atoms with Crippen molar-refractivity contribution in [1.82, 2.24) is 9.80 Å². The topological polar surface area (TPSA) is 15.7 Å². The molecule has 0 saturated carbocycles. The molecule has 1 heterocycles. The van der Waals surface area contributed by atoms with Crippen LogP contribution in [0.5, 0.6) is 5.75 Å². The fourth-order valence-electron chi connectivity index (χ4n) is 3.79. The fraction of sp³-hybridized carbons (Fsp3) is 0.333. The number of hydrogen-bond acceptors (Lipinski definition) is 3. The number of benzene rings is 3. The van der Waals surface area contributed by atoms with E-state index in [1.807, 2.05) is 24.3 Å². The van der Waals surface area contributed by atoms with Crippen LogP contribution in [0.1, 0.15) is 11.1 Å². The summed E-state index contributed by atoms with van der Waals surface area (Å²) in [6, 6.07) is 20.8. The van der Waals surface area contributed by atoms with Crippen molar-refractivity contribution >= 4 is 22.4 Å². The fourth-order valence-corrected chi connectivity index (χ4v) is 3.92. The van der Waals surface area contributed by atoms with Crippen LogP contribution in [0.25, 0.3) is 10.8 Å². The Morgan fingerprint density at radius 2 is 1.64 bits per heavy atom. The van der Waals surface area contributed by atoms with Gasteiger partial charge in [0.15, 0.2) is 0 Å². The predicted molar refractivity (Wildman–Crippen MR) is 117 cm³/mol. The Balaban J connectivity index is 1.53. The maximum atomic E-state index is 6.26. The number of nitrogens with zero attached hydrogens (tertiary/aromatic N) is 2. The van der Waals surface area contributed by atoms with Crippen LogP contribution in [0.15, 0.2) is 60.7 Å². The molecule has 0 unspecified atom stereocenters. The molecule has 0 aliphatic carbocycles. The van der Waals surface area contributed by atoms with Crippen LogP contribution in [0, 0.1) is 0 Å². The normalized spacial score (nSPS) is 15.8. The van der Waals surface area contributed by atoms with Gasteiger partial charge < -0.3 is 14.5 Å². The van der Waals surface area contributed by atoms with Crippen molar-refractivity contribution in [1.29, 1.82) is 0 Å². The Morgan fingerprint density at radius 3 is 2.43 bits per heavy atom. The molecule has 3 aromatic carbocycles. The summed E-state index contributed by atoms with van der Waals surface area (Å²) in [7, 11) is 2.20.